The van der Waals surface area contributed by atoms with Gasteiger partial charge in [-0.25, -0.2) is 8.42 Å². The minimum atomic E-state index is -3.78. The molecule has 1 atom stereocenters. The van der Waals surface area contributed by atoms with Crippen LogP contribution >= 0.6 is 0 Å². The minimum absolute atomic E-state index is 0.142. The van der Waals surface area contributed by atoms with Gasteiger partial charge in [0, 0.05) is 24.5 Å². The van der Waals surface area contributed by atoms with E-state index in [0.29, 0.717) is 5.69 Å². The number of rotatable bonds is 7. The molecule has 0 aromatic heterocycles. The van der Waals surface area contributed by atoms with E-state index in [1.54, 1.807) is 18.2 Å². The molecule has 1 aliphatic heterocycles. The number of amides is 1. The number of anilines is 2. The van der Waals surface area contributed by atoms with Crippen molar-refractivity contribution in [2.24, 2.45) is 5.92 Å². The number of sulfonamides is 1. The first-order valence-electron chi connectivity index (χ1n) is 9.60. The van der Waals surface area contributed by atoms with Crippen molar-refractivity contribution in [3.05, 3.63) is 54.6 Å². The van der Waals surface area contributed by atoms with Crippen LogP contribution in [0.2, 0.25) is 0 Å². The molecule has 2 aromatic rings. The van der Waals surface area contributed by atoms with Crippen LogP contribution in [0.1, 0.15) is 26.7 Å². The lowest BCUT2D eigenvalue weighted by Crippen LogP contribution is -2.47. The molecule has 0 spiro atoms. The summed E-state index contributed by atoms with van der Waals surface area (Å²) in [6, 6.07) is 14.9. The van der Waals surface area contributed by atoms with E-state index in [4.69, 9.17) is 0 Å². The van der Waals surface area contributed by atoms with Crippen LogP contribution in [0.4, 0.5) is 11.4 Å². The van der Waals surface area contributed by atoms with Crippen molar-refractivity contribution in [1.29, 1.82) is 0 Å². The molecule has 7 heteroatoms. The Labute approximate surface area is 167 Å². The number of carbonyl (C=O) groups is 1. The third kappa shape index (κ3) is 4.91. The second kappa shape index (κ2) is 8.75. The first kappa shape index (κ1) is 20.4. The van der Waals surface area contributed by atoms with Crippen LogP contribution in [0.15, 0.2) is 59.5 Å². The number of nitrogens with one attached hydrogen (secondary N) is 2. The summed E-state index contributed by atoms with van der Waals surface area (Å²) in [6.07, 6.45) is 2.41. The molecule has 1 heterocycles. The molecule has 0 saturated carbocycles. The Morgan fingerprint density at radius 3 is 2.14 bits per heavy atom. The Balaban J connectivity index is 1.69. The third-order valence-corrected chi connectivity index (χ3v) is 6.35. The normalized spacial score (nSPS) is 15.6. The maximum absolute atomic E-state index is 12.8. The highest BCUT2D eigenvalue weighted by molar-refractivity contribution is 7.89. The lowest BCUT2D eigenvalue weighted by atomic mass is 10.0. The summed E-state index contributed by atoms with van der Waals surface area (Å²) in [6.45, 7) is 5.74. The summed E-state index contributed by atoms with van der Waals surface area (Å²) in [5, 5.41) is 2.83. The zero-order valence-electron chi connectivity index (χ0n) is 16.3. The molecule has 3 rings (SSSR count). The molecule has 28 heavy (non-hydrogen) atoms. The standard InChI is InChI=1S/C21H27N3O3S/c1-16(2)20(23-28(26,27)19-8-4-3-5-9-19)21(25)22-17-10-12-18(13-11-17)24-14-6-7-15-24/h3-5,8-13,16,20,23H,6-7,14-15H2,1-2H3,(H,22,25)/t20-/m1/s1. The van der Waals surface area contributed by atoms with E-state index in [2.05, 4.69) is 14.9 Å². The molecule has 1 aliphatic rings. The smallest absolute Gasteiger partial charge is 0.242 e. The van der Waals surface area contributed by atoms with Crippen LogP contribution in [0, 0.1) is 5.92 Å². The van der Waals surface area contributed by atoms with E-state index < -0.39 is 16.1 Å². The highest BCUT2D eigenvalue weighted by atomic mass is 32.2. The zero-order chi connectivity index (χ0) is 20.1. The Morgan fingerprint density at radius 2 is 1.57 bits per heavy atom. The quantitative estimate of drug-likeness (QED) is 0.747. The Hall–Kier alpha value is -2.38. The van der Waals surface area contributed by atoms with Crippen molar-refractivity contribution in [1.82, 2.24) is 4.72 Å². The topological polar surface area (TPSA) is 78.5 Å². The SMILES string of the molecule is CC(C)[C@@H](NS(=O)(=O)c1ccccc1)C(=O)Nc1ccc(N2CCCC2)cc1. The van der Waals surface area contributed by atoms with E-state index in [9.17, 15) is 13.2 Å². The number of benzene rings is 2. The molecule has 6 nitrogen and oxygen atoms in total. The zero-order valence-corrected chi connectivity index (χ0v) is 17.1. The highest BCUT2D eigenvalue weighted by Crippen LogP contribution is 2.22. The van der Waals surface area contributed by atoms with Crippen molar-refractivity contribution in [2.45, 2.75) is 37.6 Å². The van der Waals surface area contributed by atoms with Crippen molar-refractivity contribution >= 4 is 27.3 Å². The molecule has 0 unspecified atom stereocenters. The van der Waals surface area contributed by atoms with Crippen LogP contribution in [-0.2, 0) is 14.8 Å². The maximum atomic E-state index is 12.8. The Kier molecular flexibility index (Phi) is 6.36. The molecule has 0 bridgehead atoms. The fourth-order valence-electron chi connectivity index (χ4n) is 3.28. The summed E-state index contributed by atoms with van der Waals surface area (Å²) in [5.74, 6) is -0.578. The molecule has 0 aliphatic carbocycles. The van der Waals surface area contributed by atoms with Gasteiger partial charge in [0.2, 0.25) is 15.9 Å². The summed E-state index contributed by atoms with van der Waals surface area (Å²) >= 11 is 0. The summed E-state index contributed by atoms with van der Waals surface area (Å²) in [4.78, 5) is 15.2. The van der Waals surface area contributed by atoms with Crippen LogP contribution in [0.5, 0.6) is 0 Å². The maximum Gasteiger partial charge on any atom is 0.242 e. The first-order chi connectivity index (χ1) is 13.4. The van der Waals surface area contributed by atoms with Gasteiger partial charge >= 0.3 is 0 Å². The Morgan fingerprint density at radius 1 is 0.964 bits per heavy atom. The van der Waals surface area contributed by atoms with Crippen LogP contribution < -0.4 is 14.9 Å². The molecule has 2 aromatic carbocycles. The summed E-state index contributed by atoms with van der Waals surface area (Å²) < 4.78 is 27.7. The van der Waals surface area contributed by atoms with Crippen molar-refractivity contribution in [3.8, 4) is 0 Å². The van der Waals surface area contributed by atoms with Gasteiger partial charge in [-0.3, -0.25) is 4.79 Å². The fourth-order valence-corrected chi connectivity index (χ4v) is 4.64. The molecule has 150 valence electrons. The van der Waals surface area contributed by atoms with E-state index in [1.807, 2.05) is 38.1 Å². The van der Waals surface area contributed by atoms with Crippen molar-refractivity contribution < 1.29 is 13.2 Å². The number of hydrogen-bond donors (Lipinski definition) is 2. The van der Waals surface area contributed by atoms with Gasteiger partial charge in [0.05, 0.1) is 4.90 Å². The van der Waals surface area contributed by atoms with Crippen LogP contribution in [0.3, 0.4) is 0 Å². The predicted octanol–water partition coefficient (Wildman–Crippen LogP) is 3.23. The van der Waals surface area contributed by atoms with Gasteiger partial charge < -0.3 is 10.2 Å². The number of carbonyl (C=O) groups excluding carboxylic acids is 1. The van der Waals surface area contributed by atoms with E-state index >= 15 is 0 Å². The average molecular weight is 402 g/mol. The lowest BCUT2D eigenvalue weighted by Gasteiger charge is -2.22. The lowest BCUT2D eigenvalue weighted by molar-refractivity contribution is -0.118. The number of hydrogen-bond acceptors (Lipinski definition) is 4. The second-order valence-electron chi connectivity index (χ2n) is 7.39. The van der Waals surface area contributed by atoms with Gasteiger partial charge in [0.15, 0.2) is 0 Å². The van der Waals surface area contributed by atoms with Crippen LogP contribution in [-0.4, -0.2) is 33.5 Å². The summed E-state index contributed by atoms with van der Waals surface area (Å²) in [7, 11) is -3.78. The first-order valence-corrected chi connectivity index (χ1v) is 11.1. The predicted molar refractivity (Wildman–Crippen MR) is 112 cm³/mol. The largest absolute Gasteiger partial charge is 0.372 e. The van der Waals surface area contributed by atoms with Crippen molar-refractivity contribution in [2.75, 3.05) is 23.3 Å². The van der Waals surface area contributed by atoms with Crippen LogP contribution in [0.25, 0.3) is 0 Å². The van der Waals surface area contributed by atoms with Gasteiger partial charge in [0.1, 0.15) is 6.04 Å². The van der Waals surface area contributed by atoms with E-state index in [1.165, 1.54) is 25.0 Å². The van der Waals surface area contributed by atoms with Gasteiger partial charge in [-0.15, -0.1) is 0 Å². The van der Waals surface area contributed by atoms with Gasteiger partial charge in [-0.1, -0.05) is 32.0 Å². The minimum Gasteiger partial charge on any atom is -0.372 e. The van der Waals surface area contributed by atoms with E-state index in [0.717, 1.165) is 18.8 Å². The highest BCUT2D eigenvalue weighted by Gasteiger charge is 2.28. The number of nitrogens with zero attached hydrogens (tertiary/aromatic N) is 1. The Bertz CT molecular complexity index is 890. The average Bonchev–Trinajstić information content (AvgIpc) is 3.22. The van der Waals surface area contributed by atoms with Gasteiger partial charge in [0.25, 0.3) is 0 Å². The third-order valence-electron chi connectivity index (χ3n) is 4.89. The summed E-state index contributed by atoms with van der Waals surface area (Å²) in [5.41, 5.74) is 1.79. The molecule has 1 amide bonds. The molecular formula is C21H27N3O3S. The molecule has 1 fully saturated rings. The van der Waals surface area contributed by atoms with Gasteiger partial charge in [-0.05, 0) is 55.2 Å². The monoisotopic (exact) mass is 401 g/mol. The molecular weight excluding hydrogens is 374 g/mol. The fraction of sp³-hybridized carbons (Fsp3) is 0.381. The van der Waals surface area contributed by atoms with Gasteiger partial charge in [-0.2, -0.15) is 4.72 Å². The second-order valence-corrected chi connectivity index (χ2v) is 9.10. The van der Waals surface area contributed by atoms with Crippen molar-refractivity contribution in [3.63, 3.8) is 0 Å². The molecule has 2 N–H and O–H groups in total. The molecule has 0 radical (unpaired) electrons. The molecule has 1 saturated heterocycles. The van der Waals surface area contributed by atoms with E-state index in [-0.39, 0.29) is 16.7 Å².